The molecule has 0 spiro atoms. The maximum absolute atomic E-state index is 11.7. The zero-order valence-corrected chi connectivity index (χ0v) is 70.3. The van der Waals surface area contributed by atoms with Crippen LogP contribution in [0.1, 0.15) is 90.0 Å². The highest BCUT2D eigenvalue weighted by Gasteiger charge is 2.20. The Morgan fingerprint density at radius 1 is 0.348 bits per heavy atom. The Kier molecular flexibility index (Phi) is 31.9. The first-order chi connectivity index (χ1) is 53.3. The van der Waals surface area contributed by atoms with Crippen LogP contribution in [0.2, 0.25) is 40.2 Å². The lowest BCUT2D eigenvalue weighted by atomic mass is 10.1. The van der Waals surface area contributed by atoms with E-state index >= 15 is 0 Å². The Morgan fingerprint density at radius 3 is 0.991 bits per heavy atom. The number of pyridine rings is 5. The van der Waals surface area contributed by atoms with Gasteiger partial charge in [0.2, 0.25) is 0 Å². The molecule has 0 fully saturated rings. The average Bonchev–Trinajstić information content (AvgIpc) is 0.819. The zero-order valence-electron chi connectivity index (χ0n) is 60.9. The molecule has 31 nitrogen and oxygen atoms in total. The minimum Gasteiger partial charge on any atom is -0.496 e. The number of primary amides is 5. The first kappa shape index (κ1) is 93.5. The minimum absolute atomic E-state index is 0.0126. The van der Waals surface area contributed by atoms with Crippen molar-refractivity contribution in [2.45, 2.75) is 52.3 Å². The fraction of sp³-hybridized carbons (Fsp3) is 0.153. The maximum Gasteiger partial charge on any atom is 0.252 e. The van der Waals surface area contributed by atoms with E-state index in [-0.39, 0.29) is 144 Å². The molecule has 5 heterocycles. The van der Waals surface area contributed by atoms with Crippen LogP contribution in [0.15, 0.2) is 178 Å². The number of benzene rings is 5. The Labute approximate surface area is 697 Å². The van der Waals surface area contributed by atoms with Gasteiger partial charge in [0.15, 0.2) is 39.3 Å². The molecule has 10 rings (SSSR count). The maximum atomic E-state index is 11.7. The lowest BCUT2D eigenvalue weighted by Crippen LogP contribution is -2.29. The number of methoxy groups -OCH3 is 1. The van der Waals surface area contributed by atoms with Crippen molar-refractivity contribution >= 4 is 168 Å². The molecule has 0 aliphatic carbocycles. The van der Waals surface area contributed by atoms with Gasteiger partial charge in [0.25, 0.3) is 35.4 Å². The van der Waals surface area contributed by atoms with Crippen molar-refractivity contribution in [3.63, 3.8) is 0 Å². The summed E-state index contributed by atoms with van der Waals surface area (Å²) in [7, 11) is -10.4. The minimum atomic E-state index is -3.39. The summed E-state index contributed by atoms with van der Waals surface area (Å²) in [5.74, 6) is -3.58. The number of carbonyl (C=O) groups is 6. The molecule has 0 atom stereocenters. The van der Waals surface area contributed by atoms with E-state index in [2.05, 4.69) is 5.32 Å². The molecule has 0 aliphatic heterocycles. The van der Waals surface area contributed by atoms with Crippen LogP contribution in [0.3, 0.4) is 0 Å². The molecule has 5 aromatic carbocycles. The molecule has 0 bridgehead atoms. The number of sulfone groups is 4. The van der Waals surface area contributed by atoms with Crippen molar-refractivity contribution < 1.29 is 67.2 Å². The van der Waals surface area contributed by atoms with Crippen molar-refractivity contribution in [2.75, 3.05) is 39.2 Å². The summed E-state index contributed by atoms with van der Waals surface area (Å²) in [6.07, 6.45) is 11.8. The molecule has 115 heavy (non-hydrogen) atoms. The molecule has 0 unspecified atom stereocenters. The van der Waals surface area contributed by atoms with Gasteiger partial charge in [0, 0.05) is 102 Å². The lowest BCUT2D eigenvalue weighted by Gasteiger charge is -2.14. The summed E-state index contributed by atoms with van der Waals surface area (Å²) >= 11 is 48.0. The number of nitrogens with two attached hydrogens (primary N) is 5. The largest absolute Gasteiger partial charge is 0.496 e. The molecule has 16 N–H and O–H groups in total. The third-order valence-corrected chi connectivity index (χ3v) is 22.4. The second kappa shape index (κ2) is 39.3. The third-order valence-electron chi connectivity index (χ3n) is 16.0. The van der Waals surface area contributed by atoms with Crippen molar-refractivity contribution in [3.05, 3.63) is 287 Å². The first-order valence-electron chi connectivity index (χ1n) is 32.2. The number of hydrogen-bond donors (Lipinski definition) is 11. The number of carbonyl (C=O) groups excluding carboxylic acids is 6. The fourth-order valence-corrected chi connectivity index (χ4v) is 14.8. The summed E-state index contributed by atoms with van der Waals surface area (Å²) < 4.78 is 105. The second-order valence-corrected chi connectivity index (χ2v) is 36.2. The van der Waals surface area contributed by atoms with E-state index < -0.39 is 68.9 Å². The number of nitrogens with zero attached hydrogens (tertiary/aromatic N) is 5. The number of hydrogen-bond acceptors (Lipinski definition) is 20. The number of amides is 6. The van der Waals surface area contributed by atoms with Gasteiger partial charge < -0.3 is 61.6 Å². The summed E-state index contributed by atoms with van der Waals surface area (Å²) in [6.45, 7) is 0.782. The molecule has 0 radical (unpaired) electrons. The van der Waals surface area contributed by atoms with Crippen LogP contribution in [-0.4, -0.2) is 131 Å². The number of rotatable bonds is 21. The van der Waals surface area contributed by atoms with Gasteiger partial charge in [-0.2, -0.15) is 0 Å². The van der Waals surface area contributed by atoms with E-state index in [0.29, 0.717) is 43.6 Å². The Hall–Kier alpha value is -10.4. The van der Waals surface area contributed by atoms with E-state index in [1.165, 1.54) is 159 Å². The number of aromatic nitrogens is 5. The van der Waals surface area contributed by atoms with Gasteiger partial charge in [-0.25, -0.2) is 33.7 Å². The van der Waals surface area contributed by atoms with Gasteiger partial charge in [0.05, 0.1) is 99.3 Å². The van der Waals surface area contributed by atoms with Gasteiger partial charge in [0.1, 0.15) is 33.2 Å². The van der Waals surface area contributed by atoms with Crippen molar-refractivity contribution in [1.82, 2.24) is 28.2 Å². The fourth-order valence-electron chi connectivity index (χ4n) is 10.3. The summed E-state index contributed by atoms with van der Waals surface area (Å²) in [6, 6.07) is 30.8. The van der Waals surface area contributed by atoms with Gasteiger partial charge >= 0.3 is 0 Å². The molecule has 6 amide bonds. The molecule has 608 valence electrons. The van der Waals surface area contributed by atoms with Crippen LogP contribution < -0.4 is 66.2 Å². The lowest BCUT2D eigenvalue weighted by molar-refractivity contribution is 0.0958. The van der Waals surface area contributed by atoms with Gasteiger partial charge in [-0.1, -0.05) is 111 Å². The highest BCUT2D eigenvalue weighted by molar-refractivity contribution is 7.91. The zero-order chi connectivity index (χ0) is 86.4. The van der Waals surface area contributed by atoms with Crippen LogP contribution in [0, 0.1) is 27.0 Å². The molecule has 10 aromatic rings. The van der Waals surface area contributed by atoms with E-state index in [0.717, 1.165) is 30.6 Å². The molecule has 0 saturated heterocycles. The Morgan fingerprint density at radius 2 is 0.652 bits per heavy atom. The van der Waals surface area contributed by atoms with Crippen LogP contribution in [-0.2, 0) is 72.1 Å². The summed E-state index contributed by atoms with van der Waals surface area (Å²) in [5, 5.41) is 44.9. The van der Waals surface area contributed by atoms with Crippen LogP contribution in [0.25, 0.3) is 0 Å². The van der Waals surface area contributed by atoms with Gasteiger partial charge in [-0.3, -0.25) is 55.8 Å². The topological polar surface area (TPSA) is 534 Å². The quantitative estimate of drug-likeness (QED) is 0.0327. The predicted molar refractivity (Wildman–Crippen MR) is 434 cm³/mol. The smallest absolute Gasteiger partial charge is 0.252 e. The number of ether oxygens (including phenoxy) is 1. The van der Waals surface area contributed by atoms with Crippen LogP contribution >= 0.6 is 92.8 Å². The second-order valence-electron chi connectivity index (χ2n) is 24.7. The third kappa shape index (κ3) is 26.0. The Balaban J connectivity index is 0.000000224. The van der Waals surface area contributed by atoms with E-state index in [1.54, 1.807) is 36.4 Å². The molecule has 5 aromatic heterocycles. The van der Waals surface area contributed by atoms with Gasteiger partial charge in [-0.15, -0.1) is 0 Å². The van der Waals surface area contributed by atoms with Crippen LogP contribution in [0.5, 0.6) is 5.75 Å². The Bertz CT molecular complexity index is 6380. The molecule has 43 heteroatoms. The molecule has 0 aliphatic rings. The number of halogens is 8. The summed E-state index contributed by atoms with van der Waals surface area (Å²) in [5.41, 5.74) is 29.1. The van der Waals surface area contributed by atoms with E-state index in [9.17, 15) is 62.4 Å². The van der Waals surface area contributed by atoms with E-state index in [4.69, 9.17) is 153 Å². The highest BCUT2D eigenvalue weighted by atomic mass is 35.5. The van der Waals surface area contributed by atoms with Gasteiger partial charge in [-0.05, 0) is 131 Å². The molecule has 0 saturated carbocycles. The number of nitrogens with one attached hydrogen (secondary N) is 6. The first-order valence-corrected chi connectivity index (χ1v) is 42.8. The van der Waals surface area contributed by atoms with Crippen molar-refractivity contribution in [1.29, 1.82) is 27.0 Å². The van der Waals surface area contributed by atoms with E-state index in [1.807, 2.05) is 0 Å². The predicted octanol–water partition coefficient (Wildman–Crippen LogP) is 7.78. The molecular weight excluding hydrogens is 1740 g/mol. The standard InChI is InChI=1S/C15H14Cl2N4O2.C15H16ClN3O4S.2C14H13Cl2N3O3S.C14H14ClN3O3S/c1-20-15(23)9-2-8(3-10(16)4-9)6-21-7-11(17)5-12(13(21)18)14(19)22;1-23-13-4-3-11(24(2,21)22)5-9(13)7-19-8-10(16)6-12(14(19)17)15(18)20;1-23(21,22)10-2-3-12(16)8(4-10)6-19-7-9(15)5-11(13(19)17)14(18)20;1-23(21,22)10-3-2-8(12(16)5-10)6-19-7-9(15)4-11(13(19)17)14(18)20;1-22(20,21)11-4-2-9(3-5-11)7-18-8-10(15)6-12(13(18)16)14(17)19/h2-5,7,18H,6H2,1H3,(H2,19,22)(H,20,23);3-6,8,17H,7H2,1-2H3,(H2,18,20);2*2-5,7,17H,6H2,1H3,(H2,18,20);2-6,8,16H,7H2,1H3,(H2,17,19). The summed E-state index contributed by atoms with van der Waals surface area (Å²) in [4.78, 5) is 69.1. The highest BCUT2D eigenvalue weighted by Crippen LogP contribution is 2.27. The monoisotopic (exact) mass is 1810 g/mol. The SMILES string of the molecule is CNC(=O)c1cc(Cl)cc(Cn2cc(Cl)cc(C(N)=O)c2=N)c1.COc1ccc(S(C)(=O)=O)cc1Cn1cc(Cl)cc(C(N)=O)c1=N.CS(=O)(=O)c1ccc(Cl)c(Cn2cc(Cl)cc(C(N)=O)c2=N)c1.CS(=O)(=O)c1ccc(Cn2cc(Cl)cc(C(N)=O)c2=N)c(Cl)c1.CS(=O)(=O)c1ccc(Cn2cc(Cl)cc(C(N)=O)c2=N)cc1. The van der Waals surface area contributed by atoms with Crippen molar-refractivity contribution in [3.8, 4) is 5.75 Å². The van der Waals surface area contributed by atoms with Crippen LogP contribution in [0.4, 0.5) is 0 Å². The molecular formula is C72H70Cl8N16O15S4. The average molecular weight is 1810 g/mol. The van der Waals surface area contributed by atoms with Crippen molar-refractivity contribution in [2.24, 2.45) is 28.7 Å². The normalized spacial score (nSPS) is 11.2.